The molecule has 2 heterocycles. The van der Waals surface area contributed by atoms with Gasteiger partial charge in [0.25, 0.3) is 0 Å². The van der Waals surface area contributed by atoms with Gasteiger partial charge in [-0.1, -0.05) is 69.7 Å². The fourth-order valence-corrected chi connectivity index (χ4v) is 6.24. The largest absolute Gasteiger partial charge is 0.458 e. The zero-order chi connectivity index (χ0) is 33.0. The van der Waals surface area contributed by atoms with Gasteiger partial charge in [-0.05, 0) is 103 Å². The van der Waals surface area contributed by atoms with Crippen molar-refractivity contribution in [2.45, 2.75) is 59.8 Å². The Labute approximate surface area is 279 Å². The Morgan fingerprint density at radius 3 is 1.85 bits per heavy atom. The molecule has 0 aromatic heterocycles. The summed E-state index contributed by atoms with van der Waals surface area (Å²) in [5.74, 6) is 1.88. The maximum absolute atomic E-state index is 12.9. The van der Waals surface area contributed by atoms with Crippen LogP contribution in [-0.4, -0.2) is 39.2 Å². The van der Waals surface area contributed by atoms with E-state index in [2.05, 4.69) is 39.8 Å². The average Bonchev–Trinajstić information content (AvgIpc) is 3.33. The Bertz CT molecular complexity index is 1670. The second-order valence-electron chi connectivity index (χ2n) is 13.7. The molecule has 6 heteroatoms. The lowest BCUT2D eigenvalue weighted by molar-refractivity contribution is -0.114. The molecule has 6 nitrogen and oxygen atoms in total. The van der Waals surface area contributed by atoms with E-state index in [1.807, 2.05) is 79.7 Å². The van der Waals surface area contributed by atoms with E-state index in [0.29, 0.717) is 16.7 Å². The highest BCUT2D eigenvalue weighted by Gasteiger charge is 2.36. The average molecular weight is 635 g/mol. The first-order chi connectivity index (χ1) is 22.7. The summed E-state index contributed by atoms with van der Waals surface area (Å²) in [5.41, 5.74) is 8.38. The van der Waals surface area contributed by atoms with Crippen LogP contribution >= 0.6 is 0 Å². The van der Waals surface area contributed by atoms with Crippen molar-refractivity contribution in [1.82, 2.24) is 0 Å². The van der Waals surface area contributed by atoms with E-state index in [-0.39, 0.29) is 24.1 Å². The normalized spacial score (nSPS) is 17.9. The molecule has 246 valence electrons. The molecule has 0 radical (unpaired) electrons. The molecule has 7 rings (SSSR count). The highest BCUT2D eigenvalue weighted by molar-refractivity contribution is 5.91. The van der Waals surface area contributed by atoms with Gasteiger partial charge >= 0.3 is 5.97 Å². The smallest absolute Gasteiger partial charge is 0.343 e. The number of rotatable bonds is 10. The molecule has 47 heavy (non-hydrogen) atoms. The van der Waals surface area contributed by atoms with Crippen LogP contribution in [0.5, 0.6) is 17.2 Å². The Balaban J connectivity index is 0.000000491. The van der Waals surface area contributed by atoms with Crippen LogP contribution in [-0.2, 0) is 15.9 Å². The highest BCUT2D eigenvalue weighted by atomic mass is 16.7. The lowest BCUT2D eigenvalue weighted by Gasteiger charge is -2.41. The van der Waals surface area contributed by atoms with Gasteiger partial charge in [0, 0.05) is 16.7 Å². The second-order valence-corrected chi connectivity index (χ2v) is 13.7. The first kappa shape index (κ1) is 32.8. The number of hydrogen-bond acceptors (Lipinski definition) is 6. The Morgan fingerprint density at radius 2 is 1.32 bits per heavy atom. The fourth-order valence-electron chi connectivity index (χ4n) is 6.24. The summed E-state index contributed by atoms with van der Waals surface area (Å²) in [4.78, 5) is 12.9. The standard InChI is InChI=1S/C35H34O5.C6H12O/c1-4-35(20-37-21-35)19-25-7-9-26(10-8-25)34(36)40-29-14-16-31-30-15-13-28(17-32(30)24(3)33(31)18-29)39-22-38-27-11-5-23(2)6-12-27;1-3-6(2)4-7-5-6/h5-18,24H,4,19-22H2,1-3H3;3-5H2,1-2H3. The van der Waals surface area contributed by atoms with Crippen molar-refractivity contribution < 1.29 is 28.5 Å². The molecule has 2 fully saturated rings. The summed E-state index contributed by atoms with van der Waals surface area (Å²) in [6.45, 7) is 14.6. The summed E-state index contributed by atoms with van der Waals surface area (Å²) in [7, 11) is 0. The van der Waals surface area contributed by atoms with Crippen LogP contribution in [0.2, 0.25) is 0 Å². The molecule has 3 aliphatic rings. The van der Waals surface area contributed by atoms with Crippen molar-refractivity contribution in [2.24, 2.45) is 10.8 Å². The SMILES string of the molecule is CCC1(C)COC1.CCC1(Cc2ccc(C(=O)Oc3ccc4c(c3)C(C)c3cc(OCOc5ccc(C)cc5)ccc3-4)cc2)COC1. The van der Waals surface area contributed by atoms with Crippen molar-refractivity contribution in [3.63, 3.8) is 0 Å². The molecule has 2 saturated heterocycles. The number of hydrogen-bond donors (Lipinski definition) is 0. The van der Waals surface area contributed by atoms with E-state index in [0.717, 1.165) is 61.9 Å². The Kier molecular flexibility index (Phi) is 9.72. The molecule has 0 spiro atoms. The number of aryl methyl sites for hydroxylation is 1. The molecule has 4 aromatic carbocycles. The summed E-state index contributed by atoms with van der Waals surface area (Å²) >= 11 is 0. The van der Waals surface area contributed by atoms with E-state index in [4.69, 9.17) is 23.7 Å². The Morgan fingerprint density at radius 1 is 0.745 bits per heavy atom. The van der Waals surface area contributed by atoms with E-state index in [9.17, 15) is 4.79 Å². The molecule has 1 aliphatic carbocycles. The first-order valence-corrected chi connectivity index (χ1v) is 16.8. The monoisotopic (exact) mass is 634 g/mol. The molecule has 0 N–H and O–H groups in total. The second kappa shape index (κ2) is 13.9. The minimum absolute atomic E-state index is 0.137. The minimum Gasteiger partial charge on any atom is -0.458 e. The van der Waals surface area contributed by atoms with Crippen LogP contribution in [0, 0.1) is 17.8 Å². The molecule has 1 unspecified atom stereocenters. The van der Waals surface area contributed by atoms with Crippen molar-refractivity contribution in [1.29, 1.82) is 0 Å². The van der Waals surface area contributed by atoms with E-state index in [1.165, 1.54) is 28.7 Å². The van der Waals surface area contributed by atoms with Crippen molar-refractivity contribution in [3.8, 4) is 28.4 Å². The molecule has 4 aromatic rings. The van der Waals surface area contributed by atoms with Gasteiger partial charge in [0.2, 0.25) is 6.79 Å². The van der Waals surface area contributed by atoms with Gasteiger partial charge in [-0.25, -0.2) is 4.79 Å². The summed E-state index contributed by atoms with van der Waals surface area (Å²) in [6, 6.07) is 27.7. The van der Waals surface area contributed by atoms with Gasteiger partial charge in [0.1, 0.15) is 17.2 Å². The number of esters is 1. The number of benzene rings is 4. The van der Waals surface area contributed by atoms with E-state index >= 15 is 0 Å². The lowest BCUT2D eigenvalue weighted by atomic mass is 9.77. The van der Waals surface area contributed by atoms with Crippen LogP contribution in [0.25, 0.3) is 11.1 Å². The maximum Gasteiger partial charge on any atom is 0.343 e. The third-order valence-corrected chi connectivity index (χ3v) is 10.0. The van der Waals surface area contributed by atoms with Gasteiger partial charge in [0.15, 0.2) is 0 Å². The fraction of sp³-hybridized carbons (Fsp3) is 0.390. The first-order valence-electron chi connectivity index (χ1n) is 16.8. The van der Waals surface area contributed by atoms with Gasteiger partial charge in [-0.2, -0.15) is 0 Å². The number of ether oxygens (including phenoxy) is 5. The predicted molar refractivity (Wildman–Crippen MR) is 185 cm³/mol. The summed E-state index contributed by atoms with van der Waals surface area (Å²) in [5, 5.41) is 0. The molecule has 1 atom stereocenters. The van der Waals surface area contributed by atoms with Crippen molar-refractivity contribution in [2.75, 3.05) is 33.2 Å². The number of fused-ring (bicyclic) bond motifs is 3. The maximum atomic E-state index is 12.9. The summed E-state index contributed by atoms with van der Waals surface area (Å²) in [6.07, 6.45) is 3.32. The predicted octanol–water partition coefficient (Wildman–Crippen LogP) is 9.16. The molecule has 2 aliphatic heterocycles. The summed E-state index contributed by atoms with van der Waals surface area (Å²) < 4.78 is 27.9. The Hall–Kier alpha value is -4.13. The minimum atomic E-state index is -0.351. The topological polar surface area (TPSA) is 63.2 Å². The van der Waals surface area contributed by atoms with Crippen molar-refractivity contribution >= 4 is 5.97 Å². The van der Waals surface area contributed by atoms with Gasteiger partial charge < -0.3 is 23.7 Å². The van der Waals surface area contributed by atoms with Gasteiger partial charge in [-0.3, -0.25) is 0 Å². The lowest BCUT2D eigenvalue weighted by Crippen LogP contribution is -2.43. The molecule has 0 bridgehead atoms. The van der Waals surface area contributed by atoms with Crippen LogP contribution < -0.4 is 14.2 Å². The van der Waals surface area contributed by atoms with Crippen molar-refractivity contribution in [3.05, 3.63) is 113 Å². The zero-order valence-corrected chi connectivity index (χ0v) is 28.3. The van der Waals surface area contributed by atoms with E-state index < -0.39 is 0 Å². The molecular weight excluding hydrogens is 588 g/mol. The van der Waals surface area contributed by atoms with E-state index in [1.54, 1.807) is 0 Å². The third kappa shape index (κ3) is 7.39. The third-order valence-electron chi connectivity index (χ3n) is 10.0. The molecule has 0 saturated carbocycles. The van der Waals surface area contributed by atoms with Crippen LogP contribution in [0.15, 0.2) is 84.9 Å². The van der Waals surface area contributed by atoms with Crippen LogP contribution in [0.4, 0.5) is 0 Å². The number of carbonyl (C=O) groups is 1. The van der Waals surface area contributed by atoms with Crippen LogP contribution in [0.3, 0.4) is 0 Å². The molecule has 0 amide bonds. The zero-order valence-electron chi connectivity index (χ0n) is 28.3. The van der Waals surface area contributed by atoms with Crippen LogP contribution in [0.1, 0.15) is 79.1 Å². The van der Waals surface area contributed by atoms with Gasteiger partial charge in [0.05, 0.1) is 32.0 Å². The number of carbonyl (C=O) groups excluding carboxylic acids is 1. The highest BCUT2D eigenvalue weighted by Crippen LogP contribution is 2.47. The quantitative estimate of drug-likeness (QED) is 0.0985. The van der Waals surface area contributed by atoms with Gasteiger partial charge in [-0.15, -0.1) is 0 Å². The molecular formula is C41H46O6.